The van der Waals surface area contributed by atoms with Crippen molar-refractivity contribution in [1.29, 1.82) is 0 Å². The summed E-state index contributed by atoms with van der Waals surface area (Å²) in [6.07, 6.45) is 4.86. The second-order valence-corrected chi connectivity index (χ2v) is 8.22. The molecule has 1 aliphatic rings. The van der Waals surface area contributed by atoms with E-state index >= 15 is 0 Å². The molecule has 50 valence electrons. The first-order valence-electron chi connectivity index (χ1n) is 3.12. The van der Waals surface area contributed by atoms with Crippen LogP contribution in [0, 0.1) is 0 Å². The maximum atomic E-state index is 2.43. The van der Waals surface area contributed by atoms with Gasteiger partial charge in [0.25, 0.3) is 0 Å². The topological polar surface area (TPSA) is 0 Å². The quantitative estimate of drug-likeness (QED) is 0.443. The average molecular weight is 132 g/mol. The largest absolute Gasteiger partial charge is 0.237 e. The van der Waals surface area contributed by atoms with Crippen molar-refractivity contribution in [3.05, 3.63) is 0 Å². The van der Waals surface area contributed by atoms with Crippen molar-refractivity contribution in [3.8, 4) is 0 Å². The number of hydrogen-bond acceptors (Lipinski definition) is 0. The molecule has 0 saturated carbocycles. The molecule has 1 saturated heterocycles. The van der Waals surface area contributed by atoms with E-state index in [2.05, 4.69) is 33.3 Å². The van der Waals surface area contributed by atoms with Gasteiger partial charge in [-0.3, -0.25) is 0 Å². The number of hydrogen-bond donors (Lipinski definition) is 0. The summed E-state index contributed by atoms with van der Waals surface area (Å²) in [5, 5.41) is 0.995. The Balaban J connectivity index is 2.72. The molecule has 1 rings (SSSR count). The van der Waals surface area contributed by atoms with Crippen LogP contribution in [-0.2, 0) is 0 Å². The van der Waals surface area contributed by atoms with E-state index in [9.17, 15) is 0 Å². The molecule has 0 aliphatic carbocycles. The molecular formula is C7H16S. The zero-order valence-corrected chi connectivity index (χ0v) is 7.30. The van der Waals surface area contributed by atoms with E-state index in [1.807, 2.05) is 0 Å². The summed E-state index contributed by atoms with van der Waals surface area (Å²) in [6, 6.07) is 0. The zero-order chi connectivity index (χ0) is 6.58. The van der Waals surface area contributed by atoms with E-state index < -0.39 is 0 Å². The summed E-state index contributed by atoms with van der Waals surface area (Å²) < 4.78 is 0.688. The van der Waals surface area contributed by atoms with E-state index in [0.717, 1.165) is 5.25 Å². The molecular weight excluding hydrogens is 116 g/mol. The molecule has 1 fully saturated rings. The fraction of sp³-hybridized carbons (Fsp3) is 1.00. The van der Waals surface area contributed by atoms with Crippen LogP contribution >= 0.6 is 10.0 Å². The first-order chi connectivity index (χ1) is 3.40. The van der Waals surface area contributed by atoms with Gasteiger partial charge in [-0.25, -0.2) is 10.0 Å². The van der Waals surface area contributed by atoms with Gasteiger partial charge in [0.05, 0.1) is 0 Å². The summed E-state index contributed by atoms with van der Waals surface area (Å²) in [5.74, 6) is 0. The van der Waals surface area contributed by atoms with Crippen molar-refractivity contribution < 1.29 is 0 Å². The van der Waals surface area contributed by atoms with Crippen molar-refractivity contribution >= 4 is 10.0 Å². The minimum atomic E-state index is -0.174. The zero-order valence-electron chi connectivity index (χ0n) is 6.49. The van der Waals surface area contributed by atoms with E-state index in [0.29, 0.717) is 4.75 Å². The van der Waals surface area contributed by atoms with Crippen LogP contribution in [0.25, 0.3) is 0 Å². The molecule has 0 nitrogen and oxygen atoms in total. The Kier molecular flexibility index (Phi) is 1.02. The first-order valence-corrected chi connectivity index (χ1v) is 5.63. The third-order valence-electron chi connectivity index (χ3n) is 3.16. The molecule has 8 heavy (non-hydrogen) atoms. The molecule has 1 heteroatoms. The predicted molar refractivity (Wildman–Crippen MR) is 43.0 cm³/mol. The van der Waals surface area contributed by atoms with Crippen molar-refractivity contribution in [1.82, 2.24) is 0 Å². The normalized spacial score (nSPS) is 43.4. The molecule has 0 aromatic rings. The Morgan fingerprint density at radius 3 is 1.38 bits per heavy atom. The highest BCUT2D eigenvalue weighted by atomic mass is 32.3. The molecule has 0 spiro atoms. The highest BCUT2D eigenvalue weighted by Gasteiger charge is 2.57. The van der Waals surface area contributed by atoms with Gasteiger partial charge in [0, 0.05) is 4.75 Å². The summed E-state index contributed by atoms with van der Waals surface area (Å²) in [5.41, 5.74) is 0. The van der Waals surface area contributed by atoms with Gasteiger partial charge in [-0.05, 0) is 17.8 Å². The second-order valence-electron chi connectivity index (χ2n) is 3.65. The van der Waals surface area contributed by atoms with Gasteiger partial charge < -0.3 is 0 Å². The van der Waals surface area contributed by atoms with Gasteiger partial charge in [0.2, 0.25) is 0 Å². The fourth-order valence-electron chi connectivity index (χ4n) is 1.22. The third-order valence-corrected chi connectivity index (χ3v) is 8.33. The monoisotopic (exact) mass is 132 g/mol. The summed E-state index contributed by atoms with van der Waals surface area (Å²) in [4.78, 5) is 0. The lowest BCUT2D eigenvalue weighted by molar-refractivity contribution is 0.801. The van der Waals surface area contributed by atoms with Gasteiger partial charge in [-0.2, -0.15) is 0 Å². The van der Waals surface area contributed by atoms with Gasteiger partial charge in [-0.1, -0.05) is 20.8 Å². The number of rotatable bonds is 0. The molecule has 0 amide bonds. The molecule has 0 N–H and O–H groups in total. The Morgan fingerprint density at radius 1 is 1.25 bits per heavy atom. The molecule has 0 radical (unpaired) electrons. The lowest BCUT2D eigenvalue weighted by atomic mass is 10.2. The van der Waals surface area contributed by atoms with Crippen LogP contribution in [0.5, 0.6) is 0 Å². The van der Waals surface area contributed by atoms with Crippen LogP contribution in [0.4, 0.5) is 0 Å². The smallest absolute Gasteiger partial charge is 0.00456 e. The molecule has 1 heterocycles. The molecule has 0 aromatic carbocycles. The average Bonchev–Trinajstić information content (AvgIpc) is 1.88. The Bertz CT molecular complexity index is 99.6. The van der Waals surface area contributed by atoms with Crippen LogP contribution in [0.2, 0.25) is 0 Å². The van der Waals surface area contributed by atoms with E-state index in [1.54, 1.807) is 0 Å². The third kappa shape index (κ3) is 0.485. The SMILES string of the molecule is CC1C(C)(C)S1(C)C. The Hall–Kier alpha value is 0.350. The van der Waals surface area contributed by atoms with E-state index in [-0.39, 0.29) is 10.0 Å². The molecule has 0 bridgehead atoms. The van der Waals surface area contributed by atoms with Crippen LogP contribution in [0.1, 0.15) is 20.8 Å². The fourth-order valence-corrected chi connectivity index (χ4v) is 4.25. The van der Waals surface area contributed by atoms with Crippen molar-refractivity contribution in [2.75, 3.05) is 12.5 Å². The van der Waals surface area contributed by atoms with Crippen molar-refractivity contribution in [2.24, 2.45) is 0 Å². The highest BCUT2D eigenvalue weighted by molar-refractivity contribution is 8.40. The Labute approximate surface area is 54.0 Å². The lowest BCUT2D eigenvalue weighted by Crippen LogP contribution is -1.98. The lowest BCUT2D eigenvalue weighted by Gasteiger charge is -2.10. The molecule has 0 aromatic heterocycles. The molecule has 1 unspecified atom stereocenters. The van der Waals surface area contributed by atoms with Gasteiger partial charge in [0.15, 0.2) is 0 Å². The molecule has 1 aliphatic heterocycles. The van der Waals surface area contributed by atoms with Gasteiger partial charge in [-0.15, -0.1) is 0 Å². The van der Waals surface area contributed by atoms with Crippen molar-refractivity contribution in [3.63, 3.8) is 0 Å². The van der Waals surface area contributed by atoms with Crippen LogP contribution in [-0.4, -0.2) is 22.5 Å². The highest BCUT2D eigenvalue weighted by Crippen LogP contribution is 2.77. The molecule has 1 atom stereocenters. The summed E-state index contributed by atoms with van der Waals surface area (Å²) in [7, 11) is -0.174. The van der Waals surface area contributed by atoms with Gasteiger partial charge >= 0.3 is 0 Å². The standard InChI is InChI=1S/C7H16S/c1-6-7(2,3)8(6,4)5/h6H,1-5H3. The maximum Gasteiger partial charge on any atom is 0.00456 e. The Morgan fingerprint density at radius 2 is 1.38 bits per heavy atom. The van der Waals surface area contributed by atoms with Crippen LogP contribution in [0.3, 0.4) is 0 Å². The second kappa shape index (κ2) is 1.26. The van der Waals surface area contributed by atoms with Crippen LogP contribution in [0.15, 0.2) is 0 Å². The predicted octanol–water partition coefficient (Wildman–Crippen LogP) is 2.23. The minimum absolute atomic E-state index is 0.174. The summed E-state index contributed by atoms with van der Waals surface area (Å²) in [6.45, 7) is 7.13. The maximum absolute atomic E-state index is 2.43. The minimum Gasteiger partial charge on any atom is -0.237 e. The first kappa shape index (κ1) is 6.47. The van der Waals surface area contributed by atoms with E-state index in [1.165, 1.54) is 0 Å². The van der Waals surface area contributed by atoms with E-state index in [4.69, 9.17) is 0 Å². The van der Waals surface area contributed by atoms with Crippen LogP contribution < -0.4 is 0 Å². The van der Waals surface area contributed by atoms with Gasteiger partial charge in [0.1, 0.15) is 0 Å². The van der Waals surface area contributed by atoms with Crippen molar-refractivity contribution in [2.45, 2.75) is 30.8 Å². The summed E-state index contributed by atoms with van der Waals surface area (Å²) >= 11 is 0.